The number of benzene rings is 1. The Hall–Kier alpha value is -0.970. The highest BCUT2D eigenvalue weighted by atomic mass is 79.9. The zero-order valence-corrected chi connectivity index (χ0v) is 11.1. The summed E-state index contributed by atoms with van der Waals surface area (Å²) in [5, 5.41) is 8.91. The monoisotopic (exact) mass is 306 g/mol. The van der Waals surface area contributed by atoms with Gasteiger partial charge in [-0.3, -0.25) is 4.79 Å². The van der Waals surface area contributed by atoms with Crippen LogP contribution in [0, 0.1) is 17.0 Å². The summed E-state index contributed by atoms with van der Waals surface area (Å²) >= 11 is 2.88. The van der Waals surface area contributed by atoms with Gasteiger partial charge in [0.1, 0.15) is 11.6 Å². The van der Waals surface area contributed by atoms with E-state index in [-0.39, 0.29) is 22.9 Å². The Morgan fingerprint density at radius 3 is 2.47 bits per heavy atom. The fraction of sp³-hybridized carbons (Fsp3) is 0.417. The Balaban J connectivity index is 2.83. The number of carboxylic acids is 1. The van der Waals surface area contributed by atoms with Crippen LogP contribution in [0.25, 0.3) is 0 Å². The van der Waals surface area contributed by atoms with Gasteiger partial charge in [-0.2, -0.15) is 0 Å². The van der Waals surface area contributed by atoms with E-state index in [1.54, 1.807) is 13.8 Å². The summed E-state index contributed by atoms with van der Waals surface area (Å²) in [6, 6.07) is 2.15. The fourth-order valence-electron chi connectivity index (χ4n) is 1.31. The van der Waals surface area contributed by atoms with Gasteiger partial charge in [0.15, 0.2) is 0 Å². The summed E-state index contributed by atoms with van der Waals surface area (Å²) in [6.07, 6.45) is 0.440. The second-order valence-corrected chi connectivity index (χ2v) is 5.40. The van der Waals surface area contributed by atoms with Crippen LogP contribution in [0.15, 0.2) is 16.6 Å². The van der Waals surface area contributed by atoms with Gasteiger partial charge < -0.3 is 5.11 Å². The smallest absolute Gasteiger partial charge is 0.309 e. The van der Waals surface area contributed by atoms with Crippen LogP contribution < -0.4 is 0 Å². The highest BCUT2D eigenvalue weighted by molar-refractivity contribution is 9.10. The molecular weight excluding hydrogens is 294 g/mol. The summed E-state index contributed by atoms with van der Waals surface area (Å²) in [5.41, 5.74) is -0.754. The molecule has 2 nitrogen and oxygen atoms in total. The zero-order valence-electron chi connectivity index (χ0n) is 9.56. The highest BCUT2D eigenvalue weighted by Gasteiger charge is 2.27. The average Bonchev–Trinajstić information content (AvgIpc) is 2.21. The molecule has 0 aromatic heterocycles. The van der Waals surface area contributed by atoms with E-state index in [1.807, 2.05) is 0 Å². The molecule has 0 atom stereocenters. The van der Waals surface area contributed by atoms with E-state index in [9.17, 15) is 13.6 Å². The number of carbonyl (C=O) groups is 1. The van der Waals surface area contributed by atoms with Crippen molar-refractivity contribution in [2.75, 3.05) is 0 Å². The first-order valence-corrected chi connectivity index (χ1v) is 5.90. The lowest BCUT2D eigenvalue weighted by Gasteiger charge is -2.18. The molecule has 0 aliphatic carbocycles. The van der Waals surface area contributed by atoms with Crippen LogP contribution in [0.5, 0.6) is 0 Å². The molecule has 0 bridgehead atoms. The van der Waals surface area contributed by atoms with Crippen LogP contribution in [-0.4, -0.2) is 11.1 Å². The molecule has 1 N–H and O–H groups in total. The maximum atomic E-state index is 13.5. The van der Waals surface area contributed by atoms with E-state index in [2.05, 4.69) is 15.9 Å². The fourth-order valence-corrected chi connectivity index (χ4v) is 1.62. The van der Waals surface area contributed by atoms with E-state index in [0.717, 1.165) is 12.1 Å². The van der Waals surface area contributed by atoms with Crippen LogP contribution in [0.3, 0.4) is 0 Å². The van der Waals surface area contributed by atoms with Crippen molar-refractivity contribution in [1.82, 2.24) is 0 Å². The molecule has 0 fully saturated rings. The topological polar surface area (TPSA) is 37.3 Å². The predicted octanol–water partition coefficient (Wildman–Crippen LogP) is 3.77. The standard InChI is InChI=1S/C12H13BrF2O2/c1-12(2,11(16)17)4-3-7-5-10(15)8(13)6-9(7)14/h5-6H,3-4H2,1-2H3,(H,16,17). The van der Waals surface area contributed by atoms with Crippen molar-refractivity contribution in [2.45, 2.75) is 26.7 Å². The van der Waals surface area contributed by atoms with Crippen molar-refractivity contribution in [1.29, 1.82) is 0 Å². The lowest BCUT2D eigenvalue weighted by Crippen LogP contribution is -2.24. The average molecular weight is 307 g/mol. The van der Waals surface area contributed by atoms with Crippen molar-refractivity contribution >= 4 is 21.9 Å². The molecular formula is C12H13BrF2O2. The summed E-state index contributed by atoms with van der Waals surface area (Å²) in [6.45, 7) is 3.12. The molecule has 0 unspecified atom stereocenters. The number of hydrogen-bond donors (Lipinski definition) is 1. The second-order valence-electron chi connectivity index (χ2n) is 4.55. The summed E-state index contributed by atoms with van der Waals surface area (Å²) in [4.78, 5) is 10.9. The number of halogens is 3. The molecule has 0 aliphatic heterocycles. The van der Waals surface area contributed by atoms with Crippen LogP contribution in [0.1, 0.15) is 25.8 Å². The zero-order chi connectivity index (χ0) is 13.2. The highest BCUT2D eigenvalue weighted by Crippen LogP contribution is 2.26. The number of hydrogen-bond acceptors (Lipinski definition) is 1. The first-order valence-electron chi connectivity index (χ1n) is 5.11. The van der Waals surface area contributed by atoms with E-state index in [1.165, 1.54) is 0 Å². The number of carboxylic acid groups (broad SMARTS) is 1. The molecule has 0 saturated carbocycles. The Kier molecular flexibility index (Phi) is 4.25. The van der Waals surface area contributed by atoms with Crippen LogP contribution in [-0.2, 0) is 11.2 Å². The quantitative estimate of drug-likeness (QED) is 0.860. The van der Waals surface area contributed by atoms with E-state index in [0.29, 0.717) is 0 Å². The minimum Gasteiger partial charge on any atom is -0.481 e. The number of aryl methyl sites for hydroxylation is 1. The van der Waals surface area contributed by atoms with Crippen molar-refractivity contribution in [3.8, 4) is 0 Å². The molecule has 0 aliphatic rings. The second kappa shape index (κ2) is 5.12. The first-order chi connectivity index (χ1) is 7.74. The maximum absolute atomic E-state index is 13.5. The number of aliphatic carboxylic acids is 1. The third-order valence-electron chi connectivity index (χ3n) is 2.69. The predicted molar refractivity (Wildman–Crippen MR) is 63.8 cm³/mol. The molecule has 17 heavy (non-hydrogen) atoms. The summed E-state index contributed by atoms with van der Waals surface area (Å²) < 4.78 is 26.7. The molecule has 0 radical (unpaired) electrons. The summed E-state index contributed by atoms with van der Waals surface area (Å²) in [7, 11) is 0. The third-order valence-corrected chi connectivity index (χ3v) is 3.30. The Labute approximate surface area is 107 Å². The SMILES string of the molecule is CC(C)(CCc1cc(F)c(Br)cc1F)C(=O)O. The molecule has 94 valence electrons. The van der Waals surface area contributed by atoms with Crippen LogP contribution in [0.4, 0.5) is 8.78 Å². The Morgan fingerprint density at radius 1 is 1.35 bits per heavy atom. The minimum atomic E-state index is -0.949. The normalized spacial score (nSPS) is 11.6. The van der Waals surface area contributed by atoms with E-state index < -0.39 is 23.0 Å². The van der Waals surface area contributed by atoms with Crippen LogP contribution in [0.2, 0.25) is 0 Å². The van der Waals surface area contributed by atoms with Gasteiger partial charge in [0.05, 0.1) is 9.89 Å². The Bertz CT molecular complexity index is 444. The van der Waals surface area contributed by atoms with Gasteiger partial charge in [-0.25, -0.2) is 8.78 Å². The number of rotatable bonds is 4. The molecule has 1 rings (SSSR count). The van der Waals surface area contributed by atoms with Gasteiger partial charge in [-0.1, -0.05) is 0 Å². The third kappa shape index (κ3) is 3.49. The van der Waals surface area contributed by atoms with E-state index >= 15 is 0 Å². The minimum absolute atomic E-state index is 0.0660. The lowest BCUT2D eigenvalue weighted by molar-refractivity contribution is -0.147. The van der Waals surface area contributed by atoms with Gasteiger partial charge in [-0.05, 0) is 60.3 Å². The van der Waals surface area contributed by atoms with Gasteiger partial charge in [0.25, 0.3) is 0 Å². The maximum Gasteiger partial charge on any atom is 0.309 e. The van der Waals surface area contributed by atoms with Gasteiger partial charge in [0, 0.05) is 0 Å². The molecule has 0 amide bonds. The van der Waals surface area contributed by atoms with Gasteiger partial charge in [-0.15, -0.1) is 0 Å². The van der Waals surface area contributed by atoms with Crippen molar-refractivity contribution in [3.63, 3.8) is 0 Å². The Morgan fingerprint density at radius 2 is 1.94 bits per heavy atom. The summed E-state index contributed by atoms with van der Waals surface area (Å²) in [5.74, 6) is -2.02. The largest absolute Gasteiger partial charge is 0.481 e. The van der Waals surface area contributed by atoms with Crippen molar-refractivity contribution < 1.29 is 18.7 Å². The molecule has 0 spiro atoms. The van der Waals surface area contributed by atoms with Crippen LogP contribution >= 0.6 is 15.9 Å². The van der Waals surface area contributed by atoms with Gasteiger partial charge >= 0.3 is 5.97 Å². The first kappa shape index (κ1) is 14.1. The lowest BCUT2D eigenvalue weighted by atomic mass is 9.86. The molecule has 0 saturated heterocycles. The van der Waals surface area contributed by atoms with Gasteiger partial charge in [0.2, 0.25) is 0 Å². The van der Waals surface area contributed by atoms with Crippen molar-refractivity contribution in [2.24, 2.45) is 5.41 Å². The molecule has 0 heterocycles. The van der Waals surface area contributed by atoms with Crippen molar-refractivity contribution in [3.05, 3.63) is 33.8 Å². The molecule has 1 aromatic carbocycles. The molecule has 5 heteroatoms. The molecule has 1 aromatic rings. The van der Waals surface area contributed by atoms with E-state index in [4.69, 9.17) is 5.11 Å².